The molecule has 136 valence electrons. The van der Waals surface area contributed by atoms with Gasteiger partial charge in [-0.2, -0.15) is 0 Å². The third-order valence-corrected chi connectivity index (χ3v) is 5.62. The zero-order valence-electron chi connectivity index (χ0n) is 14.4. The van der Waals surface area contributed by atoms with Crippen molar-refractivity contribution in [2.24, 2.45) is 4.99 Å². The number of carbonyl (C=O) groups is 1. The largest absolute Gasteiger partial charge is 0.323 e. The fraction of sp³-hybridized carbons (Fsp3) is 0.105. The number of hydrogen-bond donors (Lipinski definition) is 2. The first-order valence-electron chi connectivity index (χ1n) is 8.30. The van der Waals surface area contributed by atoms with Gasteiger partial charge in [0.2, 0.25) is 5.91 Å². The van der Waals surface area contributed by atoms with Crippen molar-refractivity contribution in [2.75, 3.05) is 5.32 Å². The lowest BCUT2D eigenvalue weighted by Gasteiger charge is -2.10. The van der Waals surface area contributed by atoms with Crippen molar-refractivity contribution in [2.45, 2.75) is 17.9 Å². The standard InChI is InChI=1S/C19H16N4O3S/c1-12(21-18-15-7-3-5-9-17(15)27(25,26)23-18)19(24)22-14-10-13-6-2-4-8-16(13)20-11-14/h2-12H,1H3,(H,21,23)(H,22,24)/t12-/m0/s1. The first-order valence-corrected chi connectivity index (χ1v) is 9.78. The number of aromatic nitrogens is 1. The van der Waals surface area contributed by atoms with Crippen LogP contribution in [-0.2, 0) is 14.8 Å². The van der Waals surface area contributed by atoms with Gasteiger partial charge in [-0.05, 0) is 31.2 Å². The maximum absolute atomic E-state index is 12.5. The maximum Gasteiger partial charge on any atom is 0.263 e. The molecule has 1 aromatic heterocycles. The van der Waals surface area contributed by atoms with E-state index in [1.54, 1.807) is 31.3 Å². The number of para-hydroxylation sites is 1. The number of fused-ring (bicyclic) bond motifs is 2. The quantitative estimate of drug-likeness (QED) is 0.728. The highest BCUT2D eigenvalue weighted by Crippen LogP contribution is 2.23. The molecule has 0 bridgehead atoms. The van der Waals surface area contributed by atoms with E-state index in [0.717, 1.165) is 10.9 Å². The summed E-state index contributed by atoms with van der Waals surface area (Å²) in [4.78, 5) is 21.2. The van der Waals surface area contributed by atoms with Crippen molar-refractivity contribution in [1.82, 2.24) is 9.71 Å². The van der Waals surface area contributed by atoms with E-state index in [1.165, 1.54) is 6.07 Å². The lowest BCUT2D eigenvalue weighted by Crippen LogP contribution is -2.28. The number of rotatable bonds is 3. The Labute approximate surface area is 156 Å². The molecular weight excluding hydrogens is 364 g/mol. The van der Waals surface area contributed by atoms with Crippen LogP contribution in [0.5, 0.6) is 0 Å². The summed E-state index contributed by atoms with van der Waals surface area (Å²) >= 11 is 0. The van der Waals surface area contributed by atoms with Gasteiger partial charge in [0.05, 0.1) is 22.3 Å². The first-order chi connectivity index (χ1) is 12.9. The Morgan fingerprint density at radius 1 is 1.15 bits per heavy atom. The molecule has 27 heavy (non-hydrogen) atoms. The maximum atomic E-state index is 12.5. The molecule has 7 nitrogen and oxygen atoms in total. The number of sulfonamides is 1. The van der Waals surface area contributed by atoms with Gasteiger partial charge in [0.1, 0.15) is 11.9 Å². The summed E-state index contributed by atoms with van der Waals surface area (Å²) in [5, 5.41) is 3.68. The second-order valence-electron chi connectivity index (χ2n) is 6.16. The number of carbonyl (C=O) groups excluding carboxylic acids is 1. The Balaban J connectivity index is 1.57. The lowest BCUT2D eigenvalue weighted by atomic mass is 10.2. The highest BCUT2D eigenvalue weighted by atomic mass is 32.2. The molecule has 1 aliphatic heterocycles. The Morgan fingerprint density at radius 3 is 2.74 bits per heavy atom. The van der Waals surface area contributed by atoms with Gasteiger partial charge in [-0.1, -0.05) is 30.3 Å². The first kappa shape index (κ1) is 17.2. The second kappa shape index (κ2) is 6.48. The molecule has 0 fully saturated rings. The molecule has 0 unspecified atom stereocenters. The summed E-state index contributed by atoms with van der Waals surface area (Å²) in [6.45, 7) is 1.60. The molecule has 2 heterocycles. The van der Waals surface area contributed by atoms with Crippen LogP contribution in [0, 0.1) is 0 Å². The number of amides is 1. The zero-order chi connectivity index (χ0) is 19.0. The number of amidine groups is 1. The molecule has 4 rings (SSSR count). The van der Waals surface area contributed by atoms with E-state index in [-0.39, 0.29) is 16.6 Å². The second-order valence-corrected chi connectivity index (χ2v) is 7.81. The number of nitrogens with one attached hydrogen (secondary N) is 2. The summed E-state index contributed by atoms with van der Waals surface area (Å²) in [6, 6.07) is 15.2. The molecule has 2 aromatic carbocycles. The summed E-state index contributed by atoms with van der Waals surface area (Å²) in [5.41, 5.74) is 1.85. The number of hydrogen-bond acceptors (Lipinski definition) is 5. The van der Waals surface area contributed by atoms with Crippen LogP contribution in [0.3, 0.4) is 0 Å². The van der Waals surface area contributed by atoms with Gasteiger partial charge < -0.3 is 5.32 Å². The summed E-state index contributed by atoms with van der Waals surface area (Å²) in [7, 11) is -3.63. The van der Waals surface area contributed by atoms with Gasteiger partial charge in [0.25, 0.3) is 10.0 Å². The van der Waals surface area contributed by atoms with E-state index in [9.17, 15) is 13.2 Å². The number of pyridine rings is 1. The van der Waals surface area contributed by atoms with Crippen LogP contribution in [0.2, 0.25) is 0 Å². The van der Waals surface area contributed by atoms with E-state index in [1.807, 2.05) is 30.3 Å². The number of nitrogens with zero attached hydrogens (tertiary/aromatic N) is 2. The van der Waals surface area contributed by atoms with Crippen LogP contribution in [0.1, 0.15) is 12.5 Å². The Morgan fingerprint density at radius 2 is 1.89 bits per heavy atom. The summed E-state index contributed by atoms with van der Waals surface area (Å²) < 4.78 is 26.7. The van der Waals surface area contributed by atoms with Crippen molar-refractivity contribution in [3.05, 3.63) is 66.4 Å². The van der Waals surface area contributed by atoms with E-state index in [2.05, 4.69) is 20.0 Å². The van der Waals surface area contributed by atoms with Gasteiger partial charge in [-0.15, -0.1) is 0 Å². The van der Waals surface area contributed by atoms with Gasteiger partial charge >= 0.3 is 0 Å². The number of aliphatic imine (C=N–C) groups is 1. The van der Waals surface area contributed by atoms with Crippen LogP contribution in [-0.4, -0.2) is 31.2 Å². The SMILES string of the molecule is C[C@H](N=C1NS(=O)(=O)c2ccccc21)C(=O)Nc1cnc2ccccc2c1. The van der Waals surface area contributed by atoms with Gasteiger partial charge in [0, 0.05) is 10.9 Å². The van der Waals surface area contributed by atoms with Crippen LogP contribution in [0.15, 0.2) is 70.7 Å². The van der Waals surface area contributed by atoms with E-state index in [4.69, 9.17) is 0 Å². The van der Waals surface area contributed by atoms with Gasteiger partial charge in [-0.3, -0.25) is 19.5 Å². The van der Waals surface area contributed by atoms with Crippen LogP contribution < -0.4 is 10.0 Å². The van der Waals surface area contributed by atoms with Crippen molar-refractivity contribution in [3.8, 4) is 0 Å². The third-order valence-electron chi connectivity index (χ3n) is 4.22. The van der Waals surface area contributed by atoms with E-state index >= 15 is 0 Å². The normalized spacial score (nSPS) is 17.3. The summed E-state index contributed by atoms with van der Waals surface area (Å²) in [6.07, 6.45) is 1.58. The average molecular weight is 380 g/mol. The molecule has 1 amide bonds. The van der Waals surface area contributed by atoms with Gasteiger partial charge in [-0.25, -0.2) is 8.42 Å². The molecule has 8 heteroatoms. The Bertz CT molecular complexity index is 1190. The van der Waals surface area contributed by atoms with Crippen LogP contribution >= 0.6 is 0 Å². The fourth-order valence-corrected chi connectivity index (χ4v) is 4.11. The predicted molar refractivity (Wildman–Crippen MR) is 103 cm³/mol. The fourth-order valence-electron chi connectivity index (χ4n) is 2.87. The molecule has 0 spiro atoms. The number of benzene rings is 2. The highest BCUT2D eigenvalue weighted by Gasteiger charge is 2.31. The van der Waals surface area contributed by atoms with Crippen LogP contribution in [0.4, 0.5) is 5.69 Å². The monoisotopic (exact) mass is 380 g/mol. The number of anilines is 1. The molecular formula is C19H16N4O3S. The molecule has 0 saturated heterocycles. The molecule has 3 aromatic rings. The minimum atomic E-state index is -3.63. The predicted octanol–water partition coefficient (Wildman–Crippen LogP) is 2.30. The highest BCUT2D eigenvalue weighted by molar-refractivity contribution is 7.90. The van der Waals surface area contributed by atoms with Crippen molar-refractivity contribution in [1.29, 1.82) is 0 Å². The van der Waals surface area contributed by atoms with Crippen molar-refractivity contribution in [3.63, 3.8) is 0 Å². The van der Waals surface area contributed by atoms with Crippen molar-refractivity contribution < 1.29 is 13.2 Å². The lowest BCUT2D eigenvalue weighted by molar-refractivity contribution is -0.117. The molecule has 0 saturated carbocycles. The minimum Gasteiger partial charge on any atom is -0.323 e. The summed E-state index contributed by atoms with van der Waals surface area (Å²) in [5.74, 6) is -0.187. The average Bonchev–Trinajstić information content (AvgIpc) is 2.92. The zero-order valence-corrected chi connectivity index (χ0v) is 15.2. The Kier molecular flexibility index (Phi) is 4.12. The van der Waals surface area contributed by atoms with Crippen molar-refractivity contribution >= 4 is 38.4 Å². The topological polar surface area (TPSA) is 101 Å². The Hall–Kier alpha value is -3.26. The third kappa shape index (κ3) is 3.26. The van der Waals surface area contributed by atoms with E-state index in [0.29, 0.717) is 11.3 Å². The molecule has 1 aliphatic rings. The van der Waals surface area contributed by atoms with E-state index < -0.39 is 16.1 Å². The van der Waals surface area contributed by atoms with Gasteiger partial charge in [0.15, 0.2) is 0 Å². The molecule has 0 radical (unpaired) electrons. The smallest absolute Gasteiger partial charge is 0.263 e. The molecule has 1 atom stereocenters. The molecule has 2 N–H and O–H groups in total. The van der Waals surface area contributed by atoms with Crippen LogP contribution in [0.25, 0.3) is 10.9 Å². The molecule has 0 aliphatic carbocycles. The minimum absolute atomic E-state index is 0.162.